The van der Waals surface area contributed by atoms with Crippen LogP contribution in [0, 0.1) is 0 Å². The summed E-state index contributed by atoms with van der Waals surface area (Å²) in [6.07, 6.45) is 3.41. The maximum Gasteiger partial charge on any atom is 0.354 e. The number of carboxylic acids is 1. The third-order valence-electron chi connectivity index (χ3n) is 2.37. The molecule has 5 heteroatoms. The second kappa shape index (κ2) is 3.79. The molecule has 2 rings (SSSR count). The van der Waals surface area contributed by atoms with Crippen LogP contribution in [0.4, 0.5) is 0 Å². The first-order valence-electron chi connectivity index (χ1n) is 4.63. The third kappa shape index (κ3) is 1.63. The summed E-state index contributed by atoms with van der Waals surface area (Å²) in [5.74, 6) is -0.937. The summed E-state index contributed by atoms with van der Waals surface area (Å²) in [7, 11) is 0. The Kier molecular flexibility index (Phi) is 2.49. The van der Waals surface area contributed by atoms with Gasteiger partial charge in [-0.2, -0.15) is 5.10 Å². The SMILES string of the molecule is O=C(O)c1ccnn1C1CCCOC1. The zero-order valence-electron chi connectivity index (χ0n) is 7.72. The predicted molar refractivity (Wildman–Crippen MR) is 48.3 cm³/mol. The summed E-state index contributed by atoms with van der Waals surface area (Å²) >= 11 is 0. The van der Waals surface area contributed by atoms with Crippen molar-refractivity contribution < 1.29 is 14.6 Å². The van der Waals surface area contributed by atoms with Crippen LogP contribution in [-0.2, 0) is 4.74 Å². The van der Waals surface area contributed by atoms with E-state index in [2.05, 4.69) is 5.10 Å². The highest BCUT2D eigenvalue weighted by Gasteiger charge is 2.21. The van der Waals surface area contributed by atoms with Crippen LogP contribution in [-0.4, -0.2) is 34.1 Å². The molecule has 1 aromatic heterocycles. The van der Waals surface area contributed by atoms with Gasteiger partial charge in [0.1, 0.15) is 5.69 Å². The number of rotatable bonds is 2. The molecular weight excluding hydrogens is 184 g/mol. The minimum absolute atomic E-state index is 0.0739. The number of carbonyl (C=O) groups is 1. The fourth-order valence-electron chi connectivity index (χ4n) is 1.69. The van der Waals surface area contributed by atoms with Gasteiger partial charge in [-0.3, -0.25) is 4.68 Å². The molecule has 1 aromatic rings. The van der Waals surface area contributed by atoms with Crippen molar-refractivity contribution in [2.75, 3.05) is 13.2 Å². The van der Waals surface area contributed by atoms with Crippen LogP contribution in [0.2, 0.25) is 0 Å². The van der Waals surface area contributed by atoms with Gasteiger partial charge in [0.2, 0.25) is 0 Å². The van der Waals surface area contributed by atoms with Gasteiger partial charge in [0.25, 0.3) is 0 Å². The molecule has 0 spiro atoms. The third-order valence-corrected chi connectivity index (χ3v) is 2.37. The molecule has 1 N–H and O–H groups in total. The Labute approximate surface area is 81.3 Å². The summed E-state index contributed by atoms with van der Waals surface area (Å²) in [4.78, 5) is 10.8. The van der Waals surface area contributed by atoms with Crippen molar-refractivity contribution in [2.24, 2.45) is 0 Å². The van der Waals surface area contributed by atoms with Crippen LogP contribution in [0.15, 0.2) is 12.3 Å². The van der Waals surface area contributed by atoms with Crippen molar-refractivity contribution in [1.82, 2.24) is 9.78 Å². The zero-order valence-corrected chi connectivity index (χ0v) is 7.72. The second-order valence-electron chi connectivity index (χ2n) is 3.34. The summed E-state index contributed by atoms with van der Waals surface area (Å²) in [5, 5.41) is 12.9. The van der Waals surface area contributed by atoms with Gasteiger partial charge in [0.05, 0.1) is 12.6 Å². The largest absolute Gasteiger partial charge is 0.477 e. The van der Waals surface area contributed by atoms with Gasteiger partial charge in [-0.05, 0) is 18.9 Å². The molecule has 2 heterocycles. The minimum Gasteiger partial charge on any atom is -0.477 e. The van der Waals surface area contributed by atoms with E-state index in [-0.39, 0.29) is 11.7 Å². The monoisotopic (exact) mass is 196 g/mol. The molecule has 1 aliphatic heterocycles. The molecule has 1 unspecified atom stereocenters. The van der Waals surface area contributed by atoms with Crippen LogP contribution in [0.25, 0.3) is 0 Å². The topological polar surface area (TPSA) is 64.3 Å². The standard InChI is InChI=1S/C9H12N2O3/c12-9(13)8-3-4-10-11(8)7-2-1-5-14-6-7/h3-4,7H,1-2,5-6H2,(H,12,13). The molecule has 14 heavy (non-hydrogen) atoms. The van der Waals surface area contributed by atoms with E-state index in [1.807, 2.05) is 0 Å². The van der Waals surface area contributed by atoms with Crippen LogP contribution < -0.4 is 0 Å². The highest BCUT2D eigenvalue weighted by molar-refractivity contribution is 5.85. The van der Waals surface area contributed by atoms with Gasteiger partial charge in [-0.15, -0.1) is 0 Å². The smallest absolute Gasteiger partial charge is 0.354 e. The van der Waals surface area contributed by atoms with Gasteiger partial charge < -0.3 is 9.84 Å². The summed E-state index contributed by atoms with van der Waals surface area (Å²) in [6.45, 7) is 1.32. The zero-order chi connectivity index (χ0) is 9.97. The van der Waals surface area contributed by atoms with E-state index >= 15 is 0 Å². The molecule has 0 saturated carbocycles. The first-order chi connectivity index (χ1) is 6.79. The van der Waals surface area contributed by atoms with E-state index in [1.165, 1.54) is 12.3 Å². The lowest BCUT2D eigenvalue weighted by molar-refractivity contribution is 0.0499. The van der Waals surface area contributed by atoms with Crippen molar-refractivity contribution in [2.45, 2.75) is 18.9 Å². The number of aromatic nitrogens is 2. The lowest BCUT2D eigenvalue weighted by Crippen LogP contribution is -2.24. The van der Waals surface area contributed by atoms with E-state index in [4.69, 9.17) is 9.84 Å². The number of hydrogen-bond donors (Lipinski definition) is 1. The molecule has 1 atom stereocenters. The molecule has 0 amide bonds. The van der Waals surface area contributed by atoms with Crippen LogP contribution in [0.5, 0.6) is 0 Å². The van der Waals surface area contributed by atoms with Gasteiger partial charge in [-0.1, -0.05) is 0 Å². The summed E-state index contributed by atoms with van der Waals surface area (Å²) < 4.78 is 6.83. The first-order valence-corrected chi connectivity index (χ1v) is 4.63. The second-order valence-corrected chi connectivity index (χ2v) is 3.34. The molecule has 0 aromatic carbocycles. The van der Waals surface area contributed by atoms with Crippen molar-refractivity contribution in [3.8, 4) is 0 Å². The molecule has 0 radical (unpaired) electrons. The van der Waals surface area contributed by atoms with Crippen molar-refractivity contribution in [1.29, 1.82) is 0 Å². The Bertz CT molecular complexity index is 329. The summed E-state index contributed by atoms with van der Waals surface area (Å²) in [6, 6.07) is 1.58. The van der Waals surface area contributed by atoms with Crippen molar-refractivity contribution in [3.63, 3.8) is 0 Å². The van der Waals surface area contributed by atoms with Crippen molar-refractivity contribution in [3.05, 3.63) is 18.0 Å². The van der Waals surface area contributed by atoms with Crippen LogP contribution in [0.1, 0.15) is 29.4 Å². The Balaban J connectivity index is 2.21. The lowest BCUT2D eigenvalue weighted by atomic mass is 10.1. The number of ether oxygens (including phenoxy) is 1. The van der Waals surface area contributed by atoms with Gasteiger partial charge in [0.15, 0.2) is 0 Å². The molecule has 0 aliphatic carbocycles. The van der Waals surface area contributed by atoms with Crippen molar-refractivity contribution >= 4 is 5.97 Å². The highest BCUT2D eigenvalue weighted by Crippen LogP contribution is 2.20. The number of carboxylic acid groups (broad SMARTS) is 1. The maximum atomic E-state index is 10.8. The fourth-order valence-corrected chi connectivity index (χ4v) is 1.69. The quantitative estimate of drug-likeness (QED) is 0.764. The maximum absolute atomic E-state index is 10.8. The molecule has 76 valence electrons. The molecular formula is C9H12N2O3. The fraction of sp³-hybridized carbons (Fsp3) is 0.556. The molecule has 0 bridgehead atoms. The Morgan fingerprint density at radius 3 is 3.21 bits per heavy atom. The average Bonchev–Trinajstić information content (AvgIpc) is 2.67. The predicted octanol–water partition coefficient (Wildman–Crippen LogP) is 0.933. The van der Waals surface area contributed by atoms with E-state index in [9.17, 15) is 4.79 Å². The normalized spacial score (nSPS) is 22.1. The van der Waals surface area contributed by atoms with Gasteiger partial charge in [0, 0.05) is 12.8 Å². The Morgan fingerprint density at radius 2 is 2.57 bits per heavy atom. The Morgan fingerprint density at radius 1 is 1.71 bits per heavy atom. The van der Waals surface area contributed by atoms with Gasteiger partial charge >= 0.3 is 5.97 Å². The van der Waals surface area contributed by atoms with Crippen LogP contribution in [0.3, 0.4) is 0 Å². The number of aromatic carboxylic acids is 1. The highest BCUT2D eigenvalue weighted by atomic mass is 16.5. The van der Waals surface area contributed by atoms with E-state index < -0.39 is 5.97 Å². The van der Waals surface area contributed by atoms with E-state index in [1.54, 1.807) is 4.68 Å². The molecule has 1 fully saturated rings. The minimum atomic E-state index is -0.937. The first kappa shape index (κ1) is 9.21. The molecule has 1 aliphatic rings. The average molecular weight is 196 g/mol. The van der Waals surface area contributed by atoms with Crippen LogP contribution >= 0.6 is 0 Å². The molecule has 5 nitrogen and oxygen atoms in total. The number of hydrogen-bond acceptors (Lipinski definition) is 3. The van der Waals surface area contributed by atoms with E-state index in [0.717, 1.165) is 19.4 Å². The number of nitrogens with zero attached hydrogens (tertiary/aromatic N) is 2. The summed E-state index contributed by atoms with van der Waals surface area (Å²) in [5.41, 5.74) is 0.237. The molecule has 1 saturated heterocycles. The van der Waals surface area contributed by atoms with E-state index in [0.29, 0.717) is 6.61 Å². The lowest BCUT2D eigenvalue weighted by Gasteiger charge is -2.23. The van der Waals surface area contributed by atoms with Gasteiger partial charge in [-0.25, -0.2) is 4.79 Å². The Hall–Kier alpha value is -1.36.